The fraction of sp³-hybridized carbons (Fsp3) is 0.208. The van der Waals surface area contributed by atoms with Crippen molar-refractivity contribution in [1.29, 1.82) is 0 Å². The van der Waals surface area contributed by atoms with E-state index in [9.17, 15) is 0 Å². The number of ether oxygens (including phenoxy) is 2. The zero-order chi connectivity index (χ0) is 20.8. The smallest absolute Gasteiger partial charge is 0.171 e. The van der Waals surface area contributed by atoms with Crippen LogP contribution < -0.4 is 20.1 Å². The SMILES string of the molecule is COc1ccc(NC(=S)NC(c2ccccc2)c2ccc(C)cc2C)cc1OC. The largest absolute Gasteiger partial charge is 0.493 e. The van der Waals surface area contributed by atoms with Crippen LogP contribution in [0.5, 0.6) is 11.5 Å². The van der Waals surface area contributed by atoms with Crippen molar-refractivity contribution in [3.63, 3.8) is 0 Å². The minimum atomic E-state index is -0.0584. The summed E-state index contributed by atoms with van der Waals surface area (Å²) < 4.78 is 10.7. The molecular weight excluding hydrogens is 380 g/mol. The third-order valence-corrected chi connectivity index (χ3v) is 5.01. The molecule has 0 aromatic heterocycles. The molecule has 0 saturated carbocycles. The quantitative estimate of drug-likeness (QED) is 0.537. The molecule has 0 saturated heterocycles. The van der Waals surface area contributed by atoms with Gasteiger partial charge in [-0.3, -0.25) is 0 Å². The van der Waals surface area contributed by atoms with E-state index in [1.807, 2.05) is 36.4 Å². The van der Waals surface area contributed by atoms with E-state index in [4.69, 9.17) is 21.7 Å². The molecular formula is C24H26N2O2S. The minimum absolute atomic E-state index is 0.0584. The van der Waals surface area contributed by atoms with Crippen LogP contribution in [0.15, 0.2) is 66.7 Å². The van der Waals surface area contributed by atoms with Crippen molar-refractivity contribution in [3.05, 3.63) is 89.0 Å². The van der Waals surface area contributed by atoms with Crippen LogP contribution in [-0.4, -0.2) is 19.3 Å². The Morgan fingerprint density at radius 1 is 0.862 bits per heavy atom. The van der Waals surface area contributed by atoms with Crippen molar-refractivity contribution in [3.8, 4) is 11.5 Å². The summed E-state index contributed by atoms with van der Waals surface area (Å²) in [5.74, 6) is 1.32. The number of benzene rings is 3. The predicted octanol–water partition coefficient (Wildman–Crippen LogP) is 5.40. The number of thiocarbonyl (C=S) groups is 1. The van der Waals surface area contributed by atoms with E-state index >= 15 is 0 Å². The molecule has 1 unspecified atom stereocenters. The van der Waals surface area contributed by atoms with E-state index in [-0.39, 0.29) is 6.04 Å². The average molecular weight is 407 g/mol. The van der Waals surface area contributed by atoms with Crippen molar-refractivity contribution < 1.29 is 9.47 Å². The van der Waals surface area contributed by atoms with Crippen LogP contribution in [0, 0.1) is 13.8 Å². The normalized spacial score (nSPS) is 11.4. The Hall–Kier alpha value is -3.05. The second kappa shape index (κ2) is 9.43. The molecule has 0 amide bonds. The van der Waals surface area contributed by atoms with Gasteiger partial charge in [0.05, 0.1) is 20.3 Å². The maximum atomic E-state index is 5.63. The molecule has 0 bridgehead atoms. The lowest BCUT2D eigenvalue weighted by Crippen LogP contribution is -2.33. The topological polar surface area (TPSA) is 42.5 Å². The lowest BCUT2D eigenvalue weighted by molar-refractivity contribution is 0.355. The minimum Gasteiger partial charge on any atom is -0.493 e. The monoisotopic (exact) mass is 406 g/mol. The van der Waals surface area contributed by atoms with Crippen LogP contribution in [0.1, 0.15) is 28.3 Å². The van der Waals surface area contributed by atoms with Gasteiger partial charge < -0.3 is 20.1 Å². The molecule has 0 spiro atoms. The van der Waals surface area contributed by atoms with E-state index in [0.29, 0.717) is 16.6 Å². The van der Waals surface area contributed by atoms with Crippen LogP contribution >= 0.6 is 12.2 Å². The van der Waals surface area contributed by atoms with Crippen molar-refractivity contribution in [2.45, 2.75) is 19.9 Å². The van der Waals surface area contributed by atoms with E-state index in [2.05, 4.69) is 54.8 Å². The molecule has 4 nitrogen and oxygen atoms in total. The highest BCUT2D eigenvalue weighted by molar-refractivity contribution is 7.80. The molecule has 3 rings (SSSR count). The highest BCUT2D eigenvalue weighted by Gasteiger charge is 2.17. The molecule has 29 heavy (non-hydrogen) atoms. The first-order chi connectivity index (χ1) is 14.0. The summed E-state index contributed by atoms with van der Waals surface area (Å²) in [4.78, 5) is 0. The first kappa shape index (κ1) is 20.7. The van der Waals surface area contributed by atoms with Gasteiger partial charge in [-0.25, -0.2) is 0 Å². The summed E-state index contributed by atoms with van der Waals surface area (Å²) in [5.41, 5.74) is 5.63. The molecule has 0 fully saturated rings. The molecule has 3 aromatic rings. The van der Waals surface area contributed by atoms with Crippen molar-refractivity contribution >= 4 is 23.0 Å². The summed E-state index contributed by atoms with van der Waals surface area (Å²) in [7, 11) is 3.23. The molecule has 0 aliphatic carbocycles. The molecule has 2 N–H and O–H groups in total. The number of nitrogens with one attached hydrogen (secondary N) is 2. The van der Waals surface area contributed by atoms with Gasteiger partial charge >= 0.3 is 0 Å². The summed E-state index contributed by atoms with van der Waals surface area (Å²) in [6.07, 6.45) is 0. The number of hydrogen-bond acceptors (Lipinski definition) is 3. The summed E-state index contributed by atoms with van der Waals surface area (Å²) in [6, 6.07) is 22.4. The Balaban J connectivity index is 1.85. The number of rotatable bonds is 6. The van der Waals surface area contributed by atoms with Crippen LogP contribution in [0.3, 0.4) is 0 Å². The zero-order valence-electron chi connectivity index (χ0n) is 17.2. The van der Waals surface area contributed by atoms with Crippen LogP contribution in [-0.2, 0) is 0 Å². The van der Waals surface area contributed by atoms with Crippen LogP contribution in [0.4, 0.5) is 5.69 Å². The van der Waals surface area contributed by atoms with Gasteiger partial charge in [0.1, 0.15) is 0 Å². The number of aryl methyl sites for hydroxylation is 2. The standard InChI is InChI=1S/C24H26N2O2S/c1-16-10-12-20(17(2)14-16)23(18-8-6-5-7-9-18)26-24(29)25-19-11-13-21(27-3)22(15-19)28-4/h5-15,23H,1-4H3,(H2,25,26,29). The fourth-order valence-electron chi connectivity index (χ4n) is 3.35. The summed E-state index contributed by atoms with van der Waals surface area (Å²) >= 11 is 5.63. The van der Waals surface area contributed by atoms with E-state index in [0.717, 1.165) is 11.3 Å². The maximum absolute atomic E-state index is 5.63. The van der Waals surface area contributed by atoms with Gasteiger partial charge in [0.25, 0.3) is 0 Å². The number of methoxy groups -OCH3 is 2. The van der Waals surface area contributed by atoms with E-state index < -0.39 is 0 Å². The molecule has 1 atom stereocenters. The van der Waals surface area contributed by atoms with E-state index in [1.54, 1.807) is 14.2 Å². The number of hydrogen-bond donors (Lipinski definition) is 2. The molecule has 3 aromatic carbocycles. The lowest BCUT2D eigenvalue weighted by atomic mass is 9.94. The molecule has 0 aliphatic heterocycles. The first-order valence-corrected chi connectivity index (χ1v) is 9.84. The lowest BCUT2D eigenvalue weighted by Gasteiger charge is -2.24. The Morgan fingerprint density at radius 2 is 1.59 bits per heavy atom. The molecule has 0 heterocycles. The predicted molar refractivity (Wildman–Crippen MR) is 123 cm³/mol. The third kappa shape index (κ3) is 5.06. The average Bonchev–Trinajstić information content (AvgIpc) is 2.73. The van der Waals surface area contributed by atoms with Crippen molar-refractivity contribution in [2.75, 3.05) is 19.5 Å². The Labute approximate surface area is 177 Å². The first-order valence-electron chi connectivity index (χ1n) is 9.43. The molecule has 0 aliphatic rings. The zero-order valence-corrected chi connectivity index (χ0v) is 18.0. The molecule has 5 heteroatoms. The second-order valence-corrected chi connectivity index (χ2v) is 7.28. The fourth-order valence-corrected chi connectivity index (χ4v) is 3.58. The Bertz CT molecular complexity index is 989. The van der Waals surface area contributed by atoms with Gasteiger partial charge in [-0.1, -0.05) is 54.1 Å². The van der Waals surface area contributed by atoms with Crippen LogP contribution in [0.2, 0.25) is 0 Å². The van der Waals surface area contributed by atoms with Gasteiger partial charge in [0.2, 0.25) is 0 Å². The van der Waals surface area contributed by atoms with E-state index in [1.165, 1.54) is 16.7 Å². The molecule has 0 radical (unpaired) electrons. The second-order valence-electron chi connectivity index (χ2n) is 6.87. The molecule has 150 valence electrons. The highest BCUT2D eigenvalue weighted by atomic mass is 32.1. The van der Waals surface area contributed by atoms with Gasteiger partial charge in [-0.15, -0.1) is 0 Å². The number of anilines is 1. The highest BCUT2D eigenvalue weighted by Crippen LogP contribution is 2.30. The van der Waals surface area contributed by atoms with Gasteiger partial charge in [-0.05, 0) is 54.9 Å². The summed E-state index contributed by atoms with van der Waals surface area (Å²) in [5, 5.41) is 7.26. The van der Waals surface area contributed by atoms with Crippen molar-refractivity contribution in [2.24, 2.45) is 0 Å². The van der Waals surface area contributed by atoms with Gasteiger partial charge in [0.15, 0.2) is 16.6 Å². The van der Waals surface area contributed by atoms with Gasteiger partial charge in [-0.2, -0.15) is 0 Å². The maximum Gasteiger partial charge on any atom is 0.171 e. The van der Waals surface area contributed by atoms with Gasteiger partial charge in [0, 0.05) is 11.8 Å². The Kier molecular flexibility index (Phi) is 6.73. The van der Waals surface area contributed by atoms with Crippen molar-refractivity contribution in [1.82, 2.24) is 5.32 Å². The summed E-state index contributed by atoms with van der Waals surface area (Å²) in [6.45, 7) is 4.23. The van der Waals surface area contributed by atoms with Crippen LogP contribution in [0.25, 0.3) is 0 Å². The Morgan fingerprint density at radius 3 is 2.24 bits per heavy atom. The third-order valence-electron chi connectivity index (χ3n) is 4.79.